The molecular formula is C30H31ClF5N5O2. The minimum absolute atomic E-state index is 0. The van der Waals surface area contributed by atoms with Gasteiger partial charge in [0, 0.05) is 49.7 Å². The third kappa shape index (κ3) is 6.96. The Hall–Kier alpha value is -4.06. The molecule has 1 amide bonds. The quantitative estimate of drug-likeness (QED) is 0.237. The highest BCUT2D eigenvalue weighted by Gasteiger charge is 2.33. The molecule has 43 heavy (non-hydrogen) atoms. The van der Waals surface area contributed by atoms with Crippen molar-refractivity contribution in [1.29, 1.82) is 0 Å². The van der Waals surface area contributed by atoms with E-state index < -0.39 is 23.9 Å². The fourth-order valence-electron chi connectivity index (χ4n) is 5.38. The zero-order valence-corrected chi connectivity index (χ0v) is 24.5. The lowest BCUT2D eigenvalue weighted by Gasteiger charge is -2.46. The normalized spacial score (nSPS) is 17.1. The number of nitrogens with one attached hydrogen (secondary N) is 1. The van der Waals surface area contributed by atoms with Crippen molar-refractivity contribution in [3.05, 3.63) is 89.4 Å². The number of carbonyl (C=O) groups excluding carboxylic acids is 1. The number of ether oxygens (including phenoxy) is 1. The predicted octanol–water partition coefficient (Wildman–Crippen LogP) is 6.53. The van der Waals surface area contributed by atoms with Gasteiger partial charge >= 0.3 is 6.36 Å². The van der Waals surface area contributed by atoms with Crippen LogP contribution in [0.3, 0.4) is 0 Å². The molecular weight excluding hydrogens is 593 g/mol. The molecule has 0 radical (unpaired) electrons. The van der Waals surface area contributed by atoms with E-state index in [9.17, 15) is 22.4 Å². The van der Waals surface area contributed by atoms with Crippen molar-refractivity contribution in [1.82, 2.24) is 14.7 Å². The van der Waals surface area contributed by atoms with E-state index in [4.69, 9.17) is 0 Å². The number of carbonyl (C=O) groups is 1. The first-order chi connectivity index (χ1) is 19.9. The molecule has 1 fully saturated rings. The van der Waals surface area contributed by atoms with E-state index in [1.807, 2.05) is 25.7 Å². The van der Waals surface area contributed by atoms with Crippen LogP contribution >= 0.6 is 12.4 Å². The number of imidazole rings is 1. The molecule has 2 aromatic heterocycles. The number of hydrogen-bond acceptors (Lipinski definition) is 5. The van der Waals surface area contributed by atoms with Gasteiger partial charge in [0.05, 0.1) is 11.4 Å². The molecule has 1 N–H and O–H groups in total. The number of aryl methyl sites for hydroxylation is 1. The SMILES string of the molecule is CCc1nc2cc(F)ccn2c1C(=O)NCc1ccc(N2C[C@H](C)N(c3ccc(OC(F)(F)F)cc3)C[C@H]2C)c(F)c1.Cl. The number of pyridine rings is 1. The maximum Gasteiger partial charge on any atom is 0.573 e. The van der Waals surface area contributed by atoms with E-state index in [1.165, 1.54) is 40.9 Å². The highest BCUT2D eigenvalue weighted by molar-refractivity contribution is 5.94. The molecule has 1 aliphatic heterocycles. The van der Waals surface area contributed by atoms with Crippen LogP contribution in [-0.4, -0.2) is 46.8 Å². The highest BCUT2D eigenvalue weighted by atomic mass is 35.5. The predicted molar refractivity (Wildman–Crippen MR) is 156 cm³/mol. The van der Waals surface area contributed by atoms with Gasteiger partial charge in [-0.25, -0.2) is 13.8 Å². The molecule has 0 unspecified atom stereocenters. The molecule has 0 spiro atoms. The number of benzene rings is 2. The highest BCUT2D eigenvalue weighted by Crippen LogP contribution is 2.31. The first-order valence-electron chi connectivity index (χ1n) is 13.6. The number of nitrogens with zero attached hydrogens (tertiary/aromatic N) is 4. The second kappa shape index (κ2) is 12.7. The van der Waals surface area contributed by atoms with Gasteiger partial charge in [-0.15, -0.1) is 25.6 Å². The van der Waals surface area contributed by atoms with Crippen molar-refractivity contribution in [3.63, 3.8) is 0 Å². The van der Waals surface area contributed by atoms with Crippen molar-refractivity contribution < 1.29 is 31.5 Å². The van der Waals surface area contributed by atoms with E-state index in [1.54, 1.807) is 24.3 Å². The van der Waals surface area contributed by atoms with Crippen LogP contribution in [0.1, 0.15) is 42.5 Å². The van der Waals surface area contributed by atoms with Crippen molar-refractivity contribution >= 4 is 35.3 Å². The van der Waals surface area contributed by atoms with E-state index in [2.05, 4.69) is 19.9 Å². The standard InChI is InChI=1S/C30H30F5N5O2.ClH/c1-4-25-28(38-12-11-21(31)14-27(38)37-25)29(41)36-15-20-5-10-26(24(32)13-20)40-17-18(2)39(16-19(40)3)22-6-8-23(9-7-22)42-30(33,34)35;/h5-14,18-19H,4,15-17H2,1-3H3,(H,36,41);1H/t18-,19+;/m0./s1. The Morgan fingerprint density at radius 2 is 1.67 bits per heavy atom. The molecule has 7 nitrogen and oxygen atoms in total. The smallest absolute Gasteiger partial charge is 0.406 e. The number of piperazine rings is 1. The first kappa shape index (κ1) is 31.9. The van der Waals surface area contributed by atoms with E-state index in [0.29, 0.717) is 47.8 Å². The Bertz CT molecular complexity index is 1590. The monoisotopic (exact) mass is 623 g/mol. The molecule has 2 aromatic carbocycles. The summed E-state index contributed by atoms with van der Waals surface area (Å²) in [6.07, 6.45) is -2.81. The van der Waals surface area contributed by atoms with Gasteiger partial charge in [0.2, 0.25) is 0 Å². The Kier molecular flexibility index (Phi) is 9.38. The first-order valence-corrected chi connectivity index (χ1v) is 13.6. The summed E-state index contributed by atoms with van der Waals surface area (Å²) in [6, 6.07) is 12.9. The van der Waals surface area contributed by atoms with Gasteiger partial charge in [-0.2, -0.15) is 0 Å². The third-order valence-electron chi connectivity index (χ3n) is 7.37. The number of fused-ring (bicyclic) bond motifs is 1. The second-order valence-electron chi connectivity index (χ2n) is 10.3. The number of anilines is 2. The van der Waals surface area contributed by atoms with Crippen molar-refractivity contribution in [2.24, 2.45) is 0 Å². The molecule has 1 saturated heterocycles. The zero-order valence-electron chi connectivity index (χ0n) is 23.7. The van der Waals surface area contributed by atoms with Crippen LogP contribution in [0.25, 0.3) is 5.65 Å². The summed E-state index contributed by atoms with van der Waals surface area (Å²) in [5.41, 5.74) is 2.93. The number of rotatable bonds is 7. The summed E-state index contributed by atoms with van der Waals surface area (Å²) < 4.78 is 72.0. The Balaban J connectivity index is 0.00000423. The fourth-order valence-corrected chi connectivity index (χ4v) is 5.38. The zero-order chi connectivity index (χ0) is 30.2. The Labute approximate surface area is 251 Å². The van der Waals surface area contributed by atoms with Crippen LogP contribution in [-0.2, 0) is 13.0 Å². The summed E-state index contributed by atoms with van der Waals surface area (Å²) in [4.78, 5) is 21.4. The van der Waals surface area contributed by atoms with Crippen LogP contribution in [0.5, 0.6) is 5.75 Å². The van der Waals surface area contributed by atoms with Crippen LogP contribution < -0.4 is 19.9 Å². The average Bonchev–Trinajstić information content (AvgIpc) is 3.30. The molecule has 4 aromatic rings. The molecule has 13 heteroatoms. The fraction of sp³-hybridized carbons (Fsp3) is 0.333. The summed E-state index contributed by atoms with van der Waals surface area (Å²) in [7, 11) is 0. The van der Waals surface area contributed by atoms with Crippen LogP contribution in [0.4, 0.5) is 33.3 Å². The van der Waals surface area contributed by atoms with Gasteiger partial charge in [0.25, 0.3) is 5.91 Å². The van der Waals surface area contributed by atoms with Crippen LogP contribution in [0.2, 0.25) is 0 Å². The summed E-state index contributed by atoms with van der Waals surface area (Å²) in [6.45, 7) is 6.89. The third-order valence-corrected chi connectivity index (χ3v) is 7.37. The van der Waals surface area contributed by atoms with Gasteiger partial charge in [-0.05, 0) is 68.3 Å². The minimum atomic E-state index is -4.75. The summed E-state index contributed by atoms with van der Waals surface area (Å²) >= 11 is 0. The second-order valence-corrected chi connectivity index (χ2v) is 10.3. The van der Waals surface area contributed by atoms with Gasteiger partial charge in [-0.1, -0.05) is 13.0 Å². The molecule has 0 bridgehead atoms. The number of hydrogen-bond donors (Lipinski definition) is 1. The lowest BCUT2D eigenvalue weighted by atomic mass is 10.0. The molecule has 5 rings (SSSR count). The Morgan fingerprint density at radius 1 is 1.00 bits per heavy atom. The maximum absolute atomic E-state index is 15.4. The van der Waals surface area contributed by atoms with E-state index in [0.717, 1.165) is 5.69 Å². The van der Waals surface area contributed by atoms with Gasteiger partial charge in [0.1, 0.15) is 28.7 Å². The molecule has 3 heterocycles. The Morgan fingerprint density at radius 3 is 2.33 bits per heavy atom. The summed E-state index contributed by atoms with van der Waals surface area (Å²) in [5.74, 6) is -1.56. The average molecular weight is 624 g/mol. The molecule has 230 valence electrons. The molecule has 0 aliphatic carbocycles. The van der Waals surface area contributed by atoms with E-state index in [-0.39, 0.29) is 36.8 Å². The molecule has 1 aliphatic rings. The van der Waals surface area contributed by atoms with Gasteiger partial charge in [-0.3, -0.25) is 9.20 Å². The summed E-state index contributed by atoms with van der Waals surface area (Å²) in [5, 5.41) is 2.81. The van der Waals surface area contributed by atoms with Crippen molar-refractivity contribution in [2.45, 2.75) is 52.2 Å². The lowest BCUT2D eigenvalue weighted by Crippen LogP contribution is -2.57. The molecule has 2 atom stereocenters. The number of aromatic nitrogens is 2. The van der Waals surface area contributed by atoms with Crippen LogP contribution in [0.15, 0.2) is 60.8 Å². The van der Waals surface area contributed by atoms with Gasteiger partial charge < -0.3 is 19.9 Å². The lowest BCUT2D eigenvalue weighted by molar-refractivity contribution is -0.274. The molecule has 0 saturated carbocycles. The largest absolute Gasteiger partial charge is 0.573 e. The van der Waals surface area contributed by atoms with Crippen molar-refractivity contribution in [2.75, 3.05) is 22.9 Å². The minimum Gasteiger partial charge on any atom is -0.406 e. The number of halogens is 6. The number of alkyl halides is 3. The topological polar surface area (TPSA) is 62.1 Å². The van der Waals surface area contributed by atoms with Gasteiger partial charge in [0.15, 0.2) is 0 Å². The van der Waals surface area contributed by atoms with Crippen molar-refractivity contribution in [3.8, 4) is 5.75 Å². The number of amides is 1. The van der Waals surface area contributed by atoms with Crippen LogP contribution in [0, 0.1) is 11.6 Å². The van der Waals surface area contributed by atoms with E-state index >= 15 is 4.39 Å². The maximum atomic E-state index is 15.4.